The summed E-state index contributed by atoms with van der Waals surface area (Å²) in [6.07, 6.45) is 1.60. The number of primary sulfonamides is 1. The van der Waals surface area contributed by atoms with Gasteiger partial charge in [0, 0.05) is 18.2 Å². The van der Waals surface area contributed by atoms with Crippen LogP contribution in [0.25, 0.3) is 0 Å². The van der Waals surface area contributed by atoms with E-state index < -0.39 is 20.6 Å². The van der Waals surface area contributed by atoms with Crippen LogP contribution in [0.3, 0.4) is 0 Å². The zero-order valence-corrected chi connectivity index (χ0v) is 13.6. The van der Waals surface area contributed by atoms with Crippen molar-refractivity contribution < 1.29 is 13.3 Å². The molecule has 2 aromatic carbocycles. The molecule has 0 fully saturated rings. The smallest absolute Gasteiger partial charge is 0.272 e. The lowest BCUT2D eigenvalue weighted by atomic mass is 10.0. The second kappa shape index (κ2) is 7.20. The SMILES string of the molecule is C[C@H](/C=N\Nc1ccc(S(N)(=O)=O)cc1[N+](=O)[O-])c1ccccc1. The first-order valence-electron chi connectivity index (χ1n) is 6.94. The number of anilines is 1. The van der Waals surface area contributed by atoms with Gasteiger partial charge in [-0.15, -0.1) is 0 Å². The van der Waals surface area contributed by atoms with Crippen molar-refractivity contribution in [2.24, 2.45) is 10.2 Å². The van der Waals surface area contributed by atoms with Crippen LogP contribution in [0.2, 0.25) is 0 Å². The molecule has 0 aliphatic rings. The number of nitro groups is 1. The third-order valence-corrected chi connectivity index (χ3v) is 4.21. The average Bonchev–Trinajstić information content (AvgIpc) is 2.54. The molecular weight excluding hydrogens is 332 g/mol. The van der Waals surface area contributed by atoms with Crippen LogP contribution in [-0.2, 0) is 10.0 Å². The summed E-state index contributed by atoms with van der Waals surface area (Å²) in [5.41, 5.74) is 3.26. The van der Waals surface area contributed by atoms with E-state index in [0.29, 0.717) is 0 Å². The maximum atomic E-state index is 11.3. The van der Waals surface area contributed by atoms with Gasteiger partial charge >= 0.3 is 0 Å². The predicted molar refractivity (Wildman–Crippen MR) is 91.4 cm³/mol. The van der Waals surface area contributed by atoms with Gasteiger partial charge in [-0.05, 0) is 17.7 Å². The minimum atomic E-state index is -4.02. The van der Waals surface area contributed by atoms with Crippen molar-refractivity contribution in [2.45, 2.75) is 17.7 Å². The minimum absolute atomic E-state index is 0.00134. The minimum Gasteiger partial charge on any atom is -0.272 e. The van der Waals surface area contributed by atoms with Crippen molar-refractivity contribution in [1.82, 2.24) is 0 Å². The summed E-state index contributed by atoms with van der Waals surface area (Å²) in [7, 11) is -4.02. The highest BCUT2D eigenvalue weighted by atomic mass is 32.2. The van der Waals surface area contributed by atoms with E-state index in [1.165, 1.54) is 12.1 Å². The van der Waals surface area contributed by atoms with Gasteiger partial charge in [0.1, 0.15) is 5.69 Å². The molecule has 126 valence electrons. The number of rotatable bonds is 6. The van der Waals surface area contributed by atoms with Crippen LogP contribution in [0, 0.1) is 10.1 Å². The summed E-state index contributed by atoms with van der Waals surface area (Å²) < 4.78 is 22.6. The van der Waals surface area contributed by atoms with E-state index in [1.807, 2.05) is 37.3 Å². The summed E-state index contributed by atoms with van der Waals surface area (Å²) in [5.74, 6) is 0.00134. The highest BCUT2D eigenvalue weighted by molar-refractivity contribution is 7.89. The van der Waals surface area contributed by atoms with Crippen molar-refractivity contribution in [1.29, 1.82) is 0 Å². The fraction of sp³-hybridized carbons (Fsp3) is 0.133. The molecule has 0 saturated carbocycles. The highest BCUT2D eigenvalue weighted by Gasteiger charge is 2.18. The molecule has 2 rings (SSSR count). The van der Waals surface area contributed by atoms with Crippen molar-refractivity contribution >= 4 is 27.6 Å². The summed E-state index contributed by atoms with van der Waals surface area (Å²) in [6.45, 7) is 1.93. The predicted octanol–water partition coefficient (Wildman–Crippen LogP) is 2.44. The Balaban J connectivity index is 2.20. The van der Waals surface area contributed by atoms with E-state index in [9.17, 15) is 18.5 Å². The summed E-state index contributed by atoms with van der Waals surface area (Å²) in [4.78, 5) is 10.1. The van der Waals surface area contributed by atoms with Gasteiger partial charge in [-0.25, -0.2) is 13.6 Å². The van der Waals surface area contributed by atoms with Crippen LogP contribution in [0.5, 0.6) is 0 Å². The molecule has 2 aromatic rings. The molecule has 0 bridgehead atoms. The third-order valence-electron chi connectivity index (χ3n) is 3.30. The van der Waals surface area contributed by atoms with Crippen LogP contribution < -0.4 is 10.6 Å². The molecule has 0 saturated heterocycles. The van der Waals surface area contributed by atoms with Crippen molar-refractivity contribution in [3.05, 3.63) is 64.2 Å². The van der Waals surface area contributed by atoms with E-state index in [2.05, 4.69) is 10.5 Å². The largest absolute Gasteiger partial charge is 0.295 e. The summed E-state index contributed by atoms with van der Waals surface area (Å²) in [5, 5.41) is 20.1. The lowest BCUT2D eigenvalue weighted by molar-refractivity contribution is -0.384. The fourth-order valence-corrected chi connectivity index (χ4v) is 2.53. The topological polar surface area (TPSA) is 128 Å². The maximum absolute atomic E-state index is 11.3. The van der Waals surface area contributed by atoms with Gasteiger partial charge in [-0.2, -0.15) is 5.10 Å². The number of nitrogens with one attached hydrogen (secondary N) is 1. The second-order valence-electron chi connectivity index (χ2n) is 5.07. The zero-order valence-electron chi connectivity index (χ0n) is 12.8. The van der Waals surface area contributed by atoms with Gasteiger partial charge in [0.25, 0.3) is 5.69 Å². The Kier molecular flexibility index (Phi) is 5.27. The van der Waals surface area contributed by atoms with Crippen LogP contribution in [0.4, 0.5) is 11.4 Å². The number of hydrazone groups is 1. The van der Waals surface area contributed by atoms with E-state index in [4.69, 9.17) is 5.14 Å². The Morgan fingerprint density at radius 1 is 1.25 bits per heavy atom. The van der Waals surface area contributed by atoms with Crippen LogP contribution >= 0.6 is 0 Å². The fourth-order valence-electron chi connectivity index (χ4n) is 2.00. The summed E-state index contributed by atoms with van der Waals surface area (Å²) in [6, 6.07) is 12.9. The Bertz CT molecular complexity index is 866. The number of nitrogens with two attached hydrogens (primary N) is 1. The van der Waals surface area contributed by atoms with Gasteiger partial charge in [0.15, 0.2) is 0 Å². The molecule has 0 radical (unpaired) electrons. The molecule has 1 atom stereocenters. The normalized spacial score (nSPS) is 12.9. The van der Waals surface area contributed by atoms with Crippen LogP contribution in [0.15, 0.2) is 58.5 Å². The Morgan fingerprint density at radius 3 is 2.50 bits per heavy atom. The standard InChI is InChI=1S/C15H16N4O4S/c1-11(12-5-3-2-4-6-12)10-17-18-14-8-7-13(24(16,22)23)9-15(14)19(20)21/h2-11,18H,1H3,(H2,16,22,23)/b17-10-/t11-/m1/s1. The lowest BCUT2D eigenvalue weighted by Crippen LogP contribution is -2.12. The van der Waals surface area contributed by atoms with Crippen LogP contribution in [0.1, 0.15) is 18.4 Å². The molecule has 0 spiro atoms. The van der Waals surface area contributed by atoms with E-state index in [-0.39, 0.29) is 16.5 Å². The molecular formula is C15H16N4O4S. The zero-order chi connectivity index (χ0) is 17.7. The van der Waals surface area contributed by atoms with Gasteiger partial charge in [-0.1, -0.05) is 37.3 Å². The first-order chi connectivity index (χ1) is 11.3. The quantitative estimate of drug-likeness (QED) is 0.471. The van der Waals surface area contributed by atoms with Gasteiger partial charge in [-0.3, -0.25) is 15.5 Å². The second-order valence-corrected chi connectivity index (χ2v) is 6.63. The van der Waals surface area contributed by atoms with E-state index in [1.54, 1.807) is 6.21 Å². The molecule has 0 aromatic heterocycles. The number of hydrogen-bond donors (Lipinski definition) is 2. The molecule has 8 nitrogen and oxygen atoms in total. The number of hydrogen-bond acceptors (Lipinski definition) is 6. The average molecular weight is 348 g/mol. The Hall–Kier alpha value is -2.78. The molecule has 0 heterocycles. The highest BCUT2D eigenvalue weighted by Crippen LogP contribution is 2.27. The first kappa shape index (κ1) is 17.6. The molecule has 9 heteroatoms. The lowest BCUT2D eigenvalue weighted by Gasteiger charge is -2.07. The van der Waals surface area contributed by atoms with Crippen molar-refractivity contribution in [3.63, 3.8) is 0 Å². The number of nitro benzene ring substituents is 1. The molecule has 24 heavy (non-hydrogen) atoms. The molecule has 0 aliphatic heterocycles. The summed E-state index contributed by atoms with van der Waals surface area (Å²) >= 11 is 0. The number of nitrogens with zero attached hydrogens (tertiary/aromatic N) is 2. The molecule has 0 amide bonds. The van der Waals surface area contributed by atoms with Crippen LogP contribution in [-0.4, -0.2) is 19.6 Å². The first-order valence-corrected chi connectivity index (χ1v) is 8.49. The molecule has 3 N–H and O–H groups in total. The van der Waals surface area contributed by atoms with Gasteiger partial charge in [0.05, 0.1) is 9.82 Å². The number of benzene rings is 2. The van der Waals surface area contributed by atoms with Crippen molar-refractivity contribution in [2.75, 3.05) is 5.43 Å². The maximum Gasteiger partial charge on any atom is 0.295 e. The van der Waals surface area contributed by atoms with Crippen molar-refractivity contribution in [3.8, 4) is 0 Å². The van der Waals surface area contributed by atoms with E-state index in [0.717, 1.165) is 11.6 Å². The van der Waals surface area contributed by atoms with Gasteiger partial charge < -0.3 is 0 Å². The Labute approximate surface area is 139 Å². The third kappa shape index (κ3) is 4.37. The monoisotopic (exact) mass is 348 g/mol. The number of sulfonamides is 1. The Morgan fingerprint density at radius 2 is 1.92 bits per heavy atom. The van der Waals surface area contributed by atoms with Gasteiger partial charge in [0.2, 0.25) is 10.0 Å². The van der Waals surface area contributed by atoms with E-state index >= 15 is 0 Å². The molecule has 0 unspecified atom stereocenters. The molecule has 0 aliphatic carbocycles.